The Hall–Kier alpha value is -1.95. The van der Waals surface area contributed by atoms with Crippen LogP contribution in [0.2, 0.25) is 0 Å². The SMILES string of the molecule is COc1cc(C#N)c(C)c2[nH]ccc12. The van der Waals surface area contributed by atoms with Gasteiger partial charge in [0.2, 0.25) is 0 Å². The molecule has 1 aromatic heterocycles. The Morgan fingerprint density at radius 1 is 1.50 bits per heavy atom. The van der Waals surface area contributed by atoms with Gasteiger partial charge in [-0.1, -0.05) is 0 Å². The van der Waals surface area contributed by atoms with Crippen molar-refractivity contribution in [2.24, 2.45) is 0 Å². The highest BCUT2D eigenvalue weighted by molar-refractivity contribution is 5.90. The van der Waals surface area contributed by atoms with Gasteiger partial charge >= 0.3 is 0 Å². The first-order valence-electron chi connectivity index (χ1n) is 4.32. The Kier molecular flexibility index (Phi) is 1.90. The van der Waals surface area contributed by atoms with Crippen LogP contribution in [0.3, 0.4) is 0 Å². The highest BCUT2D eigenvalue weighted by Gasteiger charge is 2.09. The number of aromatic amines is 1. The van der Waals surface area contributed by atoms with E-state index in [9.17, 15) is 0 Å². The van der Waals surface area contributed by atoms with Gasteiger partial charge in [0.05, 0.1) is 24.3 Å². The van der Waals surface area contributed by atoms with E-state index in [4.69, 9.17) is 10.00 Å². The normalized spacial score (nSPS) is 10.1. The molecule has 2 aromatic rings. The summed E-state index contributed by atoms with van der Waals surface area (Å²) in [5.41, 5.74) is 2.59. The lowest BCUT2D eigenvalue weighted by Gasteiger charge is -2.05. The minimum Gasteiger partial charge on any atom is -0.496 e. The number of hydrogen-bond acceptors (Lipinski definition) is 2. The van der Waals surface area contributed by atoms with E-state index >= 15 is 0 Å². The lowest BCUT2D eigenvalue weighted by molar-refractivity contribution is 0.419. The van der Waals surface area contributed by atoms with Crippen LogP contribution in [0.5, 0.6) is 5.75 Å². The molecule has 1 aromatic carbocycles. The van der Waals surface area contributed by atoms with Crippen LogP contribution in [0, 0.1) is 18.3 Å². The summed E-state index contributed by atoms with van der Waals surface area (Å²) in [5, 5.41) is 9.93. The fourth-order valence-electron chi connectivity index (χ4n) is 1.62. The number of aromatic nitrogens is 1. The van der Waals surface area contributed by atoms with E-state index < -0.39 is 0 Å². The van der Waals surface area contributed by atoms with E-state index in [-0.39, 0.29) is 0 Å². The first-order valence-corrected chi connectivity index (χ1v) is 4.32. The average Bonchev–Trinajstić information content (AvgIpc) is 2.68. The largest absolute Gasteiger partial charge is 0.496 e. The van der Waals surface area contributed by atoms with Crippen molar-refractivity contribution in [3.05, 3.63) is 29.5 Å². The average molecular weight is 186 g/mol. The van der Waals surface area contributed by atoms with Gasteiger partial charge in [-0.05, 0) is 24.6 Å². The maximum absolute atomic E-state index is 8.92. The lowest BCUT2D eigenvalue weighted by Crippen LogP contribution is -1.89. The minimum atomic E-state index is 0.650. The van der Waals surface area contributed by atoms with Crippen molar-refractivity contribution in [3.63, 3.8) is 0 Å². The highest BCUT2D eigenvalue weighted by atomic mass is 16.5. The van der Waals surface area contributed by atoms with E-state index in [1.54, 1.807) is 13.2 Å². The summed E-state index contributed by atoms with van der Waals surface area (Å²) in [4.78, 5) is 3.11. The Morgan fingerprint density at radius 3 is 2.93 bits per heavy atom. The molecule has 0 fully saturated rings. The second-order valence-corrected chi connectivity index (χ2v) is 3.13. The molecule has 14 heavy (non-hydrogen) atoms. The van der Waals surface area contributed by atoms with Crippen LogP contribution < -0.4 is 4.74 Å². The predicted octanol–water partition coefficient (Wildman–Crippen LogP) is 2.36. The Balaban J connectivity index is 2.89. The van der Waals surface area contributed by atoms with Crippen molar-refractivity contribution in [1.82, 2.24) is 4.98 Å². The van der Waals surface area contributed by atoms with Crippen molar-refractivity contribution < 1.29 is 4.74 Å². The molecule has 0 aliphatic heterocycles. The van der Waals surface area contributed by atoms with Crippen molar-refractivity contribution in [2.45, 2.75) is 6.92 Å². The number of aryl methyl sites for hydroxylation is 1. The first-order chi connectivity index (χ1) is 6.77. The summed E-state index contributed by atoms with van der Waals surface area (Å²) in [5.74, 6) is 0.739. The monoisotopic (exact) mass is 186 g/mol. The zero-order chi connectivity index (χ0) is 10.1. The number of H-pyrrole nitrogens is 1. The summed E-state index contributed by atoms with van der Waals surface area (Å²) in [7, 11) is 1.61. The highest BCUT2D eigenvalue weighted by Crippen LogP contribution is 2.29. The van der Waals surface area contributed by atoms with Crippen LogP contribution >= 0.6 is 0 Å². The van der Waals surface area contributed by atoms with Gasteiger partial charge < -0.3 is 9.72 Å². The molecule has 0 aliphatic carbocycles. The third-order valence-electron chi connectivity index (χ3n) is 2.41. The van der Waals surface area contributed by atoms with Gasteiger partial charge in [-0.2, -0.15) is 5.26 Å². The molecule has 1 heterocycles. The van der Waals surface area contributed by atoms with Crippen molar-refractivity contribution in [1.29, 1.82) is 5.26 Å². The van der Waals surface area contributed by atoms with Gasteiger partial charge in [0.1, 0.15) is 5.75 Å². The van der Waals surface area contributed by atoms with Crippen molar-refractivity contribution >= 4 is 10.9 Å². The molecule has 70 valence electrons. The molecule has 0 spiro atoms. The minimum absolute atomic E-state index is 0.650. The Morgan fingerprint density at radius 2 is 2.29 bits per heavy atom. The molecule has 0 atom stereocenters. The molecule has 1 N–H and O–H groups in total. The number of nitrogens with one attached hydrogen (secondary N) is 1. The molecule has 0 bridgehead atoms. The summed E-state index contributed by atoms with van der Waals surface area (Å²) in [6.07, 6.45) is 1.85. The number of benzene rings is 1. The summed E-state index contributed by atoms with van der Waals surface area (Å²) >= 11 is 0. The Labute approximate surface area is 81.9 Å². The first kappa shape index (κ1) is 8.64. The second-order valence-electron chi connectivity index (χ2n) is 3.13. The topological polar surface area (TPSA) is 48.8 Å². The maximum Gasteiger partial charge on any atom is 0.129 e. The molecule has 0 radical (unpaired) electrons. The molecule has 2 rings (SSSR count). The van der Waals surface area contributed by atoms with Gasteiger partial charge in [0.15, 0.2) is 0 Å². The van der Waals surface area contributed by atoms with E-state index in [0.29, 0.717) is 5.56 Å². The predicted molar refractivity (Wildman–Crippen MR) is 54.3 cm³/mol. The van der Waals surface area contributed by atoms with Crippen molar-refractivity contribution in [3.8, 4) is 11.8 Å². The summed E-state index contributed by atoms with van der Waals surface area (Å²) < 4.78 is 5.21. The quantitative estimate of drug-likeness (QED) is 0.743. The number of hydrogen-bond donors (Lipinski definition) is 1. The van der Waals surface area contributed by atoms with E-state index in [1.807, 2.05) is 19.2 Å². The number of rotatable bonds is 1. The van der Waals surface area contributed by atoms with Gasteiger partial charge in [0.25, 0.3) is 0 Å². The Bertz CT molecular complexity index is 520. The van der Waals surface area contributed by atoms with Gasteiger partial charge in [0, 0.05) is 11.6 Å². The second kappa shape index (κ2) is 3.08. The van der Waals surface area contributed by atoms with Crippen LogP contribution in [0.1, 0.15) is 11.1 Å². The number of nitriles is 1. The molecule has 0 unspecified atom stereocenters. The zero-order valence-electron chi connectivity index (χ0n) is 8.09. The summed E-state index contributed by atoms with van der Waals surface area (Å²) in [6.45, 7) is 1.93. The van der Waals surface area contributed by atoms with E-state index in [2.05, 4.69) is 11.1 Å². The molecular weight excluding hydrogens is 176 g/mol. The number of fused-ring (bicyclic) bond motifs is 1. The van der Waals surface area contributed by atoms with Crippen LogP contribution in [-0.4, -0.2) is 12.1 Å². The van der Waals surface area contributed by atoms with Crippen LogP contribution in [-0.2, 0) is 0 Å². The van der Waals surface area contributed by atoms with Crippen LogP contribution in [0.4, 0.5) is 0 Å². The number of ether oxygens (including phenoxy) is 1. The molecule has 0 amide bonds. The van der Waals surface area contributed by atoms with E-state index in [0.717, 1.165) is 22.2 Å². The fourth-order valence-corrected chi connectivity index (χ4v) is 1.62. The number of methoxy groups -OCH3 is 1. The molecular formula is C11H10N2O. The van der Waals surface area contributed by atoms with Crippen molar-refractivity contribution in [2.75, 3.05) is 7.11 Å². The smallest absolute Gasteiger partial charge is 0.129 e. The van der Waals surface area contributed by atoms with Crippen LogP contribution in [0.25, 0.3) is 10.9 Å². The van der Waals surface area contributed by atoms with E-state index in [1.165, 1.54) is 0 Å². The van der Waals surface area contributed by atoms with Gasteiger partial charge in [-0.3, -0.25) is 0 Å². The maximum atomic E-state index is 8.92. The molecule has 0 aliphatic rings. The molecule has 3 heteroatoms. The zero-order valence-corrected chi connectivity index (χ0v) is 8.09. The summed E-state index contributed by atoms with van der Waals surface area (Å²) in [6, 6.07) is 5.87. The molecule has 3 nitrogen and oxygen atoms in total. The molecule has 0 saturated heterocycles. The number of nitrogens with zero attached hydrogens (tertiary/aromatic N) is 1. The standard InChI is InChI=1S/C11H10N2O/c1-7-8(6-12)5-10(14-2)9-3-4-13-11(7)9/h3-5,13H,1-2H3. The van der Waals surface area contributed by atoms with Crippen LogP contribution in [0.15, 0.2) is 18.3 Å². The lowest BCUT2D eigenvalue weighted by atomic mass is 10.1. The van der Waals surface area contributed by atoms with Gasteiger partial charge in [-0.15, -0.1) is 0 Å². The van der Waals surface area contributed by atoms with Gasteiger partial charge in [-0.25, -0.2) is 0 Å². The third-order valence-corrected chi connectivity index (χ3v) is 2.41. The third kappa shape index (κ3) is 1.05. The molecule has 0 saturated carbocycles. The fraction of sp³-hybridized carbons (Fsp3) is 0.182.